The molecule has 0 atom stereocenters. The maximum atomic E-state index is 12.3. The van der Waals surface area contributed by atoms with Crippen LogP contribution in [0.1, 0.15) is 17.3 Å². The van der Waals surface area contributed by atoms with Crippen molar-refractivity contribution in [2.75, 3.05) is 18.9 Å². The summed E-state index contributed by atoms with van der Waals surface area (Å²) in [6.07, 6.45) is 3.41. The molecule has 0 saturated carbocycles. The van der Waals surface area contributed by atoms with Crippen LogP contribution >= 0.6 is 11.6 Å². The summed E-state index contributed by atoms with van der Waals surface area (Å²) in [5.74, 6) is 1.19. The van der Waals surface area contributed by atoms with E-state index < -0.39 is 0 Å². The summed E-state index contributed by atoms with van der Waals surface area (Å²) in [7, 11) is 1.77. The van der Waals surface area contributed by atoms with E-state index in [1.165, 1.54) is 0 Å². The zero-order chi connectivity index (χ0) is 21.8. The summed E-state index contributed by atoms with van der Waals surface area (Å²) in [6, 6.07) is 18.1. The lowest BCUT2D eigenvalue weighted by Gasteiger charge is -2.16. The molecule has 7 heteroatoms. The molecule has 0 unspecified atom stereocenters. The van der Waals surface area contributed by atoms with Gasteiger partial charge in [-0.1, -0.05) is 11.6 Å². The Bertz CT molecular complexity index is 1220. The summed E-state index contributed by atoms with van der Waals surface area (Å²) in [4.78, 5) is 22.5. The van der Waals surface area contributed by atoms with Crippen LogP contribution < -0.4 is 10.1 Å². The Kier molecular flexibility index (Phi) is 6.00. The lowest BCUT2D eigenvalue weighted by molar-refractivity contribution is 0.0802. The number of rotatable bonds is 6. The van der Waals surface area contributed by atoms with Crippen LogP contribution in [0.4, 0.5) is 11.4 Å². The maximum absolute atomic E-state index is 12.3. The van der Waals surface area contributed by atoms with Gasteiger partial charge >= 0.3 is 0 Å². The van der Waals surface area contributed by atoms with Gasteiger partial charge in [-0.25, -0.2) is 9.97 Å². The van der Waals surface area contributed by atoms with E-state index in [1.807, 2.05) is 25.1 Å². The van der Waals surface area contributed by atoms with Crippen LogP contribution in [0.2, 0.25) is 5.02 Å². The number of benzene rings is 2. The second-order valence-corrected chi connectivity index (χ2v) is 7.38. The Morgan fingerprint density at radius 3 is 2.58 bits per heavy atom. The van der Waals surface area contributed by atoms with Gasteiger partial charge in [-0.3, -0.25) is 4.79 Å². The van der Waals surface area contributed by atoms with E-state index in [0.29, 0.717) is 40.0 Å². The quantitative estimate of drug-likeness (QED) is 0.410. The predicted octanol–water partition coefficient (Wildman–Crippen LogP) is 5.91. The van der Waals surface area contributed by atoms with Crippen molar-refractivity contribution >= 4 is 39.9 Å². The molecule has 0 aliphatic heterocycles. The van der Waals surface area contributed by atoms with Crippen molar-refractivity contribution in [3.05, 3.63) is 83.6 Å². The van der Waals surface area contributed by atoms with Gasteiger partial charge in [-0.2, -0.15) is 0 Å². The van der Waals surface area contributed by atoms with E-state index in [-0.39, 0.29) is 5.91 Å². The van der Waals surface area contributed by atoms with Gasteiger partial charge in [-0.15, -0.1) is 0 Å². The van der Waals surface area contributed by atoms with Crippen LogP contribution in [0.5, 0.6) is 11.5 Å². The SMILES string of the molecule is CCN(C)C(=O)c1ccc(Oc2ccc(Cl)cc2Nc2ccnc3ncccc23)cc1. The maximum Gasteiger partial charge on any atom is 0.253 e. The smallest absolute Gasteiger partial charge is 0.253 e. The number of amides is 1. The highest BCUT2D eigenvalue weighted by Gasteiger charge is 2.12. The predicted molar refractivity (Wildman–Crippen MR) is 123 cm³/mol. The third-order valence-electron chi connectivity index (χ3n) is 4.88. The molecule has 0 aliphatic rings. The van der Waals surface area contributed by atoms with E-state index in [9.17, 15) is 4.79 Å². The molecule has 1 amide bonds. The van der Waals surface area contributed by atoms with Gasteiger partial charge < -0.3 is 15.0 Å². The first kappa shape index (κ1) is 20.6. The van der Waals surface area contributed by atoms with E-state index in [0.717, 1.165) is 11.1 Å². The van der Waals surface area contributed by atoms with Crippen LogP contribution in [0.15, 0.2) is 73.1 Å². The van der Waals surface area contributed by atoms with E-state index in [4.69, 9.17) is 16.3 Å². The van der Waals surface area contributed by atoms with Crippen molar-refractivity contribution in [2.45, 2.75) is 6.92 Å². The minimum absolute atomic E-state index is 0.0268. The molecule has 4 rings (SSSR count). The molecule has 2 aromatic carbocycles. The van der Waals surface area contributed by atoms with Crippen molar-refractivity contribution in [1.82, 2.24) is 14.9 Å². The summed E-state index contributed by atoms with van der Waals surface area (Å²) >= 11 is 6.24. The molecule has 2 aromatic heterocycles. The van der Waals surface area contributed by atoms with Crippen molar-refractivity contribution in [2.24, 2.45) is 0 Å². The molecule has 6 nitrogen and oxygen atoms in total. The number of hydrogen-bond donors (Lipinski definition) is 1. The summed E-state index contributed by atoms with van der Waals surface area (Å²) < 4.78 is 6.09. The van der Waals surface area contributed by atoms with Crippen LogP contribution in [0.25, 0.3) is 11.0 Å². The average molecular weight is 433 g/mol. The fraction of sp³-hybridized carbons (Fsp3) is 0.125. The minimum Gasteiger partial charge on any atom is -0.455 e. The third kappa shape index (κ3) is 4.59. The summed E-state index contributed by atoms with van der Waals surface area (Å²) in [6.45, 7) is 2.59. The largest absolute Gasteiger partial charge is 0.455 e. The number of nitrogens with zero attached hydrogens (tertiary/aromatic N) is 3. The highest BCUT2D eigenvalue weighted by molar-refractivity contribution is 6.31. The monoisotopic (exact) mass is 432 g/mol. The number of pyridine rings is 2. The number of fused-ring (bicyclic) bond motifs is 1. The molecule has 4 aromatic rings. The molecule has 0 aliphatic carbocycles. The van der Waals surface area contributed by atoms with Gasteiger partial charge in [0.05, 0.1) is 11.4 Å². The number of hydrogen-bond acceptors (Lipinski definition) is 5. The molecule has 31 heavy (non-hydrogen) atoms. The van der Waals surface area contributed by atoms with E-state index >= 15 is 0 Å². The zero-order valence-corrected chi connectivity index (χ0v) is 17.9. The molecule has 0 fully saturated rings. The van der Waals surface area contributed by atoms with Crippen LogP contribution in [-0.4, -0.2) is 34.4 Å². The van der Waals surface area contributed by atoms with Crippen LogP contribution in [0.3, 0.4) is 0 Å². The molecule has 2 heterocycles. The summed E-state index contributed by atoms with van der Waals surface area (Å²) in [5.41, 5.74) is 2.81. The lowest BCUT2D eigenvalue weighted by Crippen LogP contribution is -2.26. The second-order valence-electron chi connectivity index (χ2n) is 6.94. The molecular formula is C24H21ClN4O2. The molecule has 156 valence electrons. The van der Waals surface area contributed by atoms with Crippen LogP contribution in [0, 0.1) is 0 Å². The van der Waals surface area contributed by atoms with Gasteiger partial charge in [0, 0.05) is 42.0 Å². The van der Waals surface area contributed by atoms with E-state index in [2.05, 4.69) is 15.3 Å². The van der Waals surface area contributed by atoms with Crippen molar-refractivity contribution < 1.29 is 9.53 Å². The fourth-order valence-corrected chi connectivity index (χ4v) is 3.25. The highest BCUT2D eigenvalue weighted by Crippen LogP contribution is 2.35. The normalized spacial score (nSPS) is 10.7. The fourth-order valence-electron chi connectivity index (χ4n) is 3.08. The number of nitrogens with one attached hydrogen (secondary N) is 1. The van der Waals surface area contributed by atoms with Gasteiger partial charge in [0.15, 0.2) is 11.4 Å². The lowest BCUT2D eigenvalue weighted by atomic mass is 10.2. The summed E-state index contributed by atoms with van der Waals surface area (Å²) in [5, 5.41) is 4.84. The average Bonchev–Trinajstić information content (AvgIpc) is 2.80. The highest BCUT2D eigenvalue weighted by atomic mass is 35.5. The Morgan fingerprint density at radius 1 is 1.03 bits per heavy atom. The Balaban J connectivity index is 1.61. The Hall–Kier alpha value is -3.64. The zero-order valence-electron chi connectivity index (χ0n) is 17.2. The third-order valence-corrected chi connectivity index (χ3v) is 5.11. The number of carbonyl (C=O) groups excluding carboxylic acids is 1. The van der Waals surface area contributed by atoms with E-state index in [1.54, 1.807) is 66.8 Å². The van der Waals surface area contributed by atoms with Crippen molar-refractivity contribution in [3.63, 3.8) is 0 Å². The second kappa shape index (κ2) is 9.02. The van der Waals surface area contributed by atoms with Crippen LogP contribution in [-0.2, 0) is 0 Å². The first-order valence-corrected chi connectivity index (χ1v) is 10.2. The number of carbonyl (C=O) groups is 1. The number of ether oxygens (including phenoxy) is 1. The molecule has 1 N–H and O–H groups in total. The molecular weight excluding hydrogens is 412 g/mol. The molecule has 0 bridgehead atoms. The van der Waals surface area contributed by atoms with Gasteiger partial charge in [0.2, 0.25) is 0 Å². The number of aromatic nitrogens is 2. The molecule has 0 saturated heterocycles. The van der Waals surface area contributed by atoms with Gasteiger partial charge in [0.25, 0.3) is 5.91 Å². The first-order chi connectivity index (χ1) is 15.0. The Morgan fingerprint density at radius 2 is 1.81 bits per heavy atom. The number of halogens is 1. The van der Waals surface area contributed by atoms with Crippen molar-refractivity contribution in [3.8, 4) is 11.5 Å². The molecule has 0 spiro atoms. The first-order valence-electron chi connectivity index (χ1n) is 9.85. The number of anilines is 2. The topological polar surface area (TPSA) is 67.3 Å². The molecule has 0 radical (unpaired) electrons. The minimum atomic E-state index is -0.0268. The van der Waals surface area contributed by atoms with Gasteiger partial charge in [-0.05, 0) is 67.6 Å². The van der Waals surface area contributed by atoms with Gasteiger partial charge in [0.1, 0.15) is 5.75 Å². The van der Waals surface area contributed by atoms with Crippen molar-refractivity contribution in [1.29, 1.82) is 0 Å². The Labute approximate surface area is 185 Å². The standard InChI is InChI=1S/C24H21ClN4O2/c1-3-29(2)24(30)16-6-9-18(10-7-16)31-22-11-8-17(25)15-21(22)28-20-12-14-27-23-19(20)5-4-13-26-23/h4-15H,3H2,1-2H3,(H,26,27,28).